The Hall–Kier alpha value is -1.69. The molecule has 0 spiro atoms. The van der Waals surface area contributed by atoms with E-state index < -0.39 is 26.3 Å². The van der Waals surface area contributed by atoms with Gasteiger partial charge in [-0.2, -0.15) is 4.31 Å². The molecule has 1 aromatic rings. The van der Waals surface area contributed by atoms with Gasteiger partial charge in [0.2, 0.25) is 10.0 Å². The van der Waals surface area contributed by atoms with Gasteiger partial charge in [-0.05, 0) is 52.0 Å². The number of rotatable bonds is 5. The summed E-state index contributed by atoms with van der Waals surface area (Å²) in [6.07, 6.45) is 0. The highest BCUT2D eigenvalue weighted by Crippen LogP contribution is 2.48. The Labute approximate surface area is 165 Å². The lowest BCUT2D eigenvalue weighted by Crippen LogP contribution is -2.69. The highest BCUT2D eigenvalue weighted by atomic mass is 32.2. The van der Waals surface area contributed by atoms with Gasteiger partial charge in [0.15, 0.2) is 0 Å². The lowest BCUT2D eigenvalue weighted by molar-refractivity contribution is -0.149. The maximum atomic E-state index is 13.3. The first-order chi connectivity index (χ1) is 12.5. The molecule has 27 heavy (non-hydrogen) atoms. The number of carboxylic acids is 1. The van der Waals surface area contributed by atoms with Crippen LogP contribution in [0.3, 0.4) is 0 Å². The average molecular weight is 412 g/mol. The molecular weight excluding hydrogens is 386 g/mol. The third-order valence-corrected chi connectivity index (χ3v) is 8.41. The number of hydrogen-bond donors (Lipinski definition) is 1. The average Bonchev–Trinajstić information content (AvgIpc) is 2.58. The van der Waals surface area contributed by atoms with Crippen molar-refractivity contribution in [3.63, 3.8) is 0 Å². The van der Waals surface area contributed by atoms with E-state index in [4.69, 9.17) is 4.74 Å². The van der Waals surface area contributed by atoms with E-state index >= 15 is 0 Å². The number of carboxylic acid groups (broad SMARTS) is 1. The number of aliphatic carboxylic acids is 1. The van der Waals surface area contributed by atoms with Gasteiger partial charge in [-0.1, -0.05) is 12.8 Å². The fourth-order valence-corrected chi connectivity index (χ4v) is 6.85. The van der Waals surface area contributed by atoms with Gasteiger partial charge < -0.3 is 9.84 Å². The van der Waals surface area contributed by atoms with Crippen LogP contribution in [0.2, 0.25) is 0 Å². The van der Waals surface area contributed by atoms with Crippen LogP contribution in [0.1, 0.15) is 34.6 Å². The largest absolute Gasteiger partial charge is 0.481 e. The fourth-order valence-electron chi connectivity index (χ4n) is 3.10. The van der Waals surface area contributed by atoms with Gasteiger partial charge in [-0.3, -0.25) is 4.79 Å². The molecule has 1 aliphatic heterocycles. The molecule has 2 atom stereocenters. The molecule has 1 saturated heterocycles. The fraction of sp³-hybridized carbons (Fsp3) is 0.526. The number of thioether (sulfide) groups is 1. The third kappa shape index (κ3) is 3.96. The summed E-state index contributed by atoms with van der Waals surface area (Å²) >= 11 is 1.49. The summed E-state index contributed by atoms with van der Waals surface area (Å²) in [6, 6.07) is 5.97. The lowest BCUT2D eigenvalue weighted by atomic mass is 9.87. The second kappa shape index (κ2) is 7.74. The number of ether oxygens (including phenoxy) is 1. The molecule has 1 heterocycles. The standard InChI is InChI=1S/C19H25NO5S2/c1-6-7-12-25-15-8-10-16(11-9-15)27(23,24)20-13-14(2)26-18(3,4)19(20,5)17(21)22/h8-11,14H,12-13H2,1-5H3,(H,21,22)/t14?,19-/m0/s1. The first kappa shape index (κ1) is 21.6. The summed E-state index contributed by atoms with van der Waals surface area (Å²) in [7, 11) is -4.00. The van der Waals surface area contributed by atoms with Crippen LogP contribution in [-0.2, 0) is 14.8 Å². The van der Waals surface area contributed by atoms with Crippen molar-refractivity contribution in [1.82, 2.24) is 4.31 Å². The zero-order valence-corrected chi connectivity index (χ0v) is 17.8. The smallest absolute Gasteiger partial charge is 0.326 e. The summed E-state index contributed by atoms with van der Waals surface area (Å²) in [5.74, 6) is 4.82. The molecule has 8 heteroatoms. The Balaban J connectivity index is 2.43. The van der Waals surface area contributed by atoms with Crippen molar-refractivity contribution in [1.29, 1.82) is 0 Å². The van der Waals surface area contributed by atoms with Crippen molar-refractivity contribution in [2.24, 2.45) is 0 Å². The summed E-state index contributed by atoms with van der Waals surface area (Å²) in [4.78, 5) is 12.2. The van der Waals surface area contributed by atoms with Crippen LogP contribution in [0.25, 0.3) is 0 Å². The molecule has 1 N–H and O–H groups in total. The molecule has 1 aromatic carbocycles. The molecule has 0 aliphatic carbocycles. The Kier molecular flexibility index (Phi) is 6.19. The maximum Gasteiger partial charge on any atom is 0.326 e. The van der Waals surface area contributed by atoms with Gasteiger partial charge >= 0.3 is 5.97 Å². The van der Waals surface area contributed by atoms with Gasteiger partial charge in [0.25, 0.3) is 0 Å². The van der Waals surface area contributed by atoms with Gasteiger partial charge in [0.1, 0.15) is 17.9 Å². The highest BCUT2D eigenvalue weighted by molar-refractivity contribution is 8.01. The quantitative estimate of drug-likeness (QED) is 0.750. The van der Waals surface area contributed by atoms with E-state index in [0.717, 1.165) is 4.31 Å². The number of nitrogens with zero attached hydrogens (tertiary/aromatic N) is 1. The Morgan fingerprint density at radius 2 is 1.93 bits per heavy atom. The van der Waals surface area contributed by atoms with Crippen LogP contribution in [0.15, 0.2) is 29.2 Å². The second-order valence-corrected chi connectivity index (χ2v) is 11.0. The number of benzene rings is 1. The molecule has 1 unspecified atom stereocenters. The molecular formula is C19H25NO5S2. The van der Waals surface area contributed by atoms with E-state index in [2.05, 4.69) is 11.8 Å². The Bertz CT molecular complexity index is 868. The molecule has 0 amide bonds. The zero-order chi connectivity index (χ0) is 20.5. The van der Waals surface area contributed by atoms with E-state index in [1.165, 1.54) is 30.8 Å². The molecule has 0 bridgehead atoms. The number of hydrogen-bond acceptors (Lipinski definition) is 5. The first-order valence-electron chi connectivity index (χ1n) is 8.53. The van der Waals surface area contributed by atoms with Crippen molar-refractivity contribution in [3.05, 3.63) is 24.3 Å². The molecule has 0 aromatic heterocycles. The molecule has 0 saturated carbocycles. The summed E-state index contributed by atoms with van der Waals surface area (Å²) in [5.41, 5.74) is -1.57. The van der Waals surface area contributed by atoms with E-state index in [-0.39, 0.29) is 23.3 Å². The monoisotopic (exact) mass is 411 g/mol. The molecule has 0 radical (unpaired) electrons. The van der Waals surface area contributed by atoms with Gasteiger partial charge in [0.05, 0.1) is 4.90 Å². The molecule has 148 valence electrons. The van der Waals surface area contributed by atoms with Gasteiger partial charge in [-0.15, -0.1) is 17.7 Å². The minimum absolute atomic E-state index is 0.0302. The van der Waals surface area contributed by atoms with Crippen LogP contribution < -0.4 is 4.74 Å². The van der Waals surface area contributed by atoms with E-state index in [0.29, 0.717) is 5.75 Å². The van der Waals surface area contributed by atoms with Gasteiger partial charge in [-0.25, -0.2) is 8.42 Å². The van der Waals surface area contributed by atoms with E-state index in [9.17, 15) is 18.3 Å². The number of sulfonamides is 1. The van der Waals surface area contributed by atoms with Crippen molar-refractivity contribution in [3.8, 4) is 17.6 Å². The van der Waals surface area contributed by atoms with E-state index in [1.54, 1.807) is 32.9 Å². The molecule has 1 fully saturated rings. The third-order valence-electron chi connectivity index (χ3n) is 4.91. The minimum atomic E-state index is -4.00. The Morgan fingerprint density at radius 3 is 2.44 bits per heavy atom. The molecule has 1 aliphatic rings. The van der Waals surface area contributed by atoms with Crippen molar-refractivity contribution in [2.75, 3.05) is 13.2 Å². The van der Waals surface area contributed by atoms with Crippen molar-refractivity contribution >= 4 is 27.8 Å². The van der Waals surface area contributed by atoms with Crippen LogP contribution in [-0.4, -0.2) is 52.5 Å². The van der Waals surface area contributed by atoms with Crippen LogP contribution in [0.5, 0.6) is 5.75 Å². The highest BCUT2D eigenvalue weighted by Gasteiger charge is 2.59. The number of carbonyl (C=O) groups is 1. The van der Waals surface area contributed by atoms with Crippen molar-refractivity contribution < 1.29 is 23.1 Å². The summed E-state index contributed by atoms with van der Waals surface area (Å²) < 4.78 is 32.3. The normalized spacial score (nSPS) is 25.3. The predicted molar refractivity (Wildman–Crippen MR) is 106 cm³/mol. The van der Waals surface area contributed by atoms with Crippen LogP contribution in [0, 0.1) is 11.8 Å². The minimum Gasteiger partial charge on any atom is -0.481 e. The van der Waals surface area contributed by atoms with E-state index in [1.807, 2.05) is 6.92 Å². The van der Waals surface area contributed by atoms with Crippen molar-refractivity contribution in [2.45, 2.75) is 55.1 Å². The molecule has 2 rings (SSSR count). The SMILES string of the molecule is CC#CCOc1ccc(S(=O)(=O)N2CC(C)SC(C)(C)[C@]2(C)C(=O)O)cc1. The predicted octanol–water partition coefficient (Wildman–Crippen LogP) is 2.84. The van der Waals surface area contributed by atoms with Crippen LogP contribution >= 0.6 is 11.8 Å². The first-order valence-corrected chi connectivity index (χ1v) is 10.9. The second-order valence-electron chi connectivity index (χ2n) is 7.04. The molecule has 6 nitrogen and oxygen atoms in total. The zero-order valence-electron chi connectivity index (χ0n) is 16.1. The summed E-state index contributed by atoms with van der Waals surface area (Å²) in [6.45, 7) is 8.98. The maximum absolute atomic E-state index is 13.3. The Morgan fingerprint density at radius 1 is 1.33 bits per heavy atom. The van der Waals surface area contributed by atoms with Crippen LogP contribution in [0.4, 0.5) is 0 Å². The topological polar surface area (TPSA) is 83.9 Å². The lowest BCUT2D eigenvalue weighted by Gasteiger charge is -2.52. The summed E-state index contributed by atoms with van der Waals surface area (Å²) in [5, 5.41) is 9.88. The van der Waals surface area contributed by atoms with Gasteiger partial charge in [0, 0.05) is 16.5 Å².